The molecule has 0 spiro atoms. The molecule has 3 fully saturated rings. The number of Topliss-reactive ketones (excluding diaryl/α,β-unsaturated/α-hetero) is 1. The van der Waals surface area contributed by atoms with Gasteiger partial charge in [-0.25, -0.2) is 0 Å². The zero-order chi connectivity index (χ0) is 21.2. The molecule has 4 rings (SSSR count). The van der Waals surface area contributed by atoms with Crippen LogP contribution in [0.5, 0.6) is 0 Å². The molecule has 4 aliphatic rings. The number of aliphatic hydroxyl groups is 2. The highest BCUT2D eigenvalue weighted by Crippen LogP contribution is 2.68. The lowest BCUT2D eigenvalue weighted by molar-refractivity contribution is -0.200. The molecule has 29 heavy (non-hydrogen) atoms. The third kappa shape index (κ3) is 2.71. The third-order valence-corrected chi connectivity index (χ3v) is 8.93. The van der Waals surface area contributed by atoms with Gasteiger partial charge in [-0.15, -0.1) is 0 Å². The summed E-state index contributed by atoms with van der Waals surface area (Å²) in [6, 6.07) is 0. The van der Waals surface area contributed by atoms with Crippen molar-refractivity contribution in [3.05, 3.63) is 11.6 Å². The van der Waals surface area contributed by atoms with E-state index in [0.717, 1.165) is 31.3 Å². The maximum absolute atomic E-state index is 12.9. The van der Waals surface area contributed by atoms with Crippen LogP contribution in [0.25, 0.3) is 0 Å². The van der Waals surface area contributed by atoms with Crippen LogP contribution in [0.4, 0.5) is 0 Å². The summed E-state index contributed by atoms with van der Waals surface area (Å²) in [4.78, 5) is 36.8. The van der Waals surface area contributed by atoms with Crippen molar-refractivity contribution in [2.75, 3.05) is 6.61 Å². The van der Waals surface area contributed by atoms with Gasteiger partial charge in [-0.2, -0.15) is 0 Å². The van der Waals surface area contributed by atoms with Crippen LogP contribution >= 0.6 is 0 Å². The average Bonchev–Trinajstić information content (AvgIpc) is 2.93. The van der Waals surface area contributed by atoms with Crippen molar-refractivity contribution in [2.24, 2.45) is 28.6 Å². The molecule has 0 aliphatic heterocycles. The molecule has 0 bridgehead atoms. The molecule has 0 amide bonds. The van der Waals surface area contributed by atoms with Gasteiger partial charge < -0.3 is 14.9 Å². The van der Waals surface area contributed by atoms with Crippen molar-refractivity contribution in [1.82, 2.24) is 0 Å². The van der Waals surface area contributed by atoms with E-state index in [2.05, 4.69) is 6.92 Å². The van der Waals surface area contributed by atoms with Gasteiger partial charge in [-0.05, 0) is 67.8 Å². The number of carbonyl (C=O) groups excluding carboxylic acids is 3. The maximum atomic E-state index is 12.9. The van der Waals surface area contributed by atoms with E-state index in [4.69, 9.17) is 4.74 Å². The van der Waals surface area contributed by atoms with Crippen molar-refractivity contribution in [2.45, 2.75) is 77.4 Å². The van der Waals surface area contributed by atoms with Crippen molar-refractivity contribution in [3.63, 3.8) is 0 Å². The SMILES string of the molecule is CC(=O)O[C@]1(C(=O)CO)CC[C@@H]2[C@@H]3CCC4=CC(=O)CC[C@]4(C)[C@@H]3[C@@H](O)C[C@@]21C. The van der Waals surface area contributed by atoms with E-state index in [0.29, 0.717) is 19.3 Å². The molecule has 2 N–H and O–H groups in total. The number of rotatable bonds is 3. The fourth-order valence-corrected chi connectivity index (χ4v) is 7.73. The largest absolute Gasteiger partial charge is 0.451 e. The van der Waals surface area contributed by atoms with Gasteiger partial charge in [0.2, 0.25) is 5.78 Å². The van der Waals surface area contributed by atoms with E-state index < -0.39 is 35.5 Å². The van der Waals surface area contributed by atoms with Gasteiger partial charge in [0.1, 0.15) is 6.61 Å². The highest BCUT2D eigenvalue weighted by Gasteiger charge is 2.70. The molecule has 0 heterocycles. The van der Waals surface area contributed by atoms with Crippen LogP contribution in [-0.2, 0) is 19.1 Å². The van der Waals surface area contributed by atoms with E-state index in [-0.39, 0.29) is 29.0 Å². The summed E-state index contributed by atoms with van der Waals surface area (Å²) in [7, 11) is 0. The molecule has 0 saturated heterocycles. The first-order valence-corrected chi connectivity index (χ1v) is 10.8. The maximum Gasteiger partial charge on any atom is 0.303 e. The number of esters is 1. The van der Waals surface area contributed by atoms with Crippen LogP contribution in [0.15, 0.2) is 11.6 Å². The van der Waals surface area contributed by atoms with Crippen LogP contribution in [0.2, 0.25) is 0 Å². The van der Waals surface area contributed by atoms with Crippen LogP contribution in [0, 0.1) is 28.6 Å². The highest BCUT2D eigenvalue weighted by molar-refractivity contribution is 5.92. The summed E-state index contributed by atoms with van der Waals surface area (Å²) in [5.41, 5.74) is -1.12. The topological polar surface area (TPSA) is 101 Å². The Morgan fingerprint density at radius 3 is 2.59 bits per heavy atom. The van der Waals surface area contributed by atoms with E-state index >= 15 is 0 Å². The van der Waals surface area contributed by atoms with Gasteiger partial charge in [0, 0.05) is 18.8 Å². The van der Waals surface area contributed by atoms with Crippen molar-refractivity contribution in [3.8, 4) is 0 Å². The Bertz CT molecular complexity index is 786. The Hall–Kier alpha value is -1.53. The number of ketones is 2. The molecule has 0 aromatic rings. The summed E-state index contributed by atoms with van der Waals surface area (Å²) >= 11 is 0. The minimum Gasteiger partial charge on any atom is -0.451 e. The van der Waals surface area contributed by atoms with E-state index in [9.17, 15) is 24.6 Å². The van der Waals surface area contributed by atoms with E-state index in [1.165, 1.54) is 6.92 Å². The number of ether oxygens (including phenoxy) is 1. The Labute approximate surface area is 171 Å². The van der Waals surface area contributed by atoms with E-state index in [1.54, 1.807) is 6.08 Å². The Morgan fingerprint density at radius 2 is 1.93 bits per heavy atom. The standard InChI is InChI=1S/C23H32O6/c1-13(25)29-23(19(28)12-24)9-7-17-16-5-4-14-10-15(26)6-8-21(14,2)20(16)18(27)11-22(17,23)3/h10,16-18,20,24,27H,4-9,11-12H2,1-3H3/t16-,17+,18-,20-,21-,22-,23-/m0/s1. The number of hydrogen-bond acceptors (Lipinski definition) is 6. The number of hydrogen-bond donors (Lipinski definition) is 2. The predicted molar refractivity (Wildman–Crippen MR) is 105 cm³/mol. The van der Waals surface area contributed by atoms with E-state index in [1.807, 2.05) is 6.92 Å². The molecule has 3 saturated carbocycles. The first-order chi connectivity index (χ1) is 13.6. The second-order valence-electron chi connectivity index (χ2n) is 10.1. The zero-order valence-corrected chi connectivity index (χ0v) is 17.6. The summed E-state index contributed by atoms with van der Waals surface area (Å²) in [5.74, 6) is -0.462. The normalized spacial score (nSPS) is 46.2. The quantitative estimate of drug-likeness (QED) is 0.701. The molecule has 7 atom stereocenters. The minimum atomic E-state index is -1.37. The second-order valence-corrected chi connectivity index (χ2v) is 10.1. The Morgan fingerprint density at radius 1 is 1.21 bits per heavy atom. The van der Waals surface area contributed by atoms with Gasteiger partial charge in [0.25, 0.3) is 0 Å². The summed E-state index contributed by atoms with van der Waals surface area (Å²) in [6.45, 7) is 4.76. The van der Waals surface area contributed by atoms with Gasteiger partial charge >= 0.3 is 5.97 Å². The summed E-state index contributed by atoms with van der Waals surface area (Å²) in [6.07, 6.45) is 5.59. The van der Waals surface area contributed by atoms with Crippen molar-refractivity contribution < 1.29 is 29.3 Å². The summed E-state index contributed by atoms with van der Waals surface area (Å²) < 4.78 is 5.68. The van der Waals surface area contributed by atoms with Crippen LogP contribution in [0.1, 0.15) is 65.7 Å². The molecule has 6 nitrogen and oxygen atoms in total. The first kappa shape index (κ1) is 20.7. The number of aliphatic hydroxyl groups excluding tert-OH is 2. The van der Waals surface area contributed by atoms with Crippen molar-refractivity contribution in [1.29, 1.82) is 0 Å². The highest BCUT2D eigenvalue weighted by atomic mass is 16.6. The molecule has 6 heteroatoms. The Balaban J connectivity index is 1.76. The summed E-state index contributed by atoms with van der Waals surface area (Å²) in [5, 5.41) is 21.0. The number of fused-ring (bicyclic) bond motifs is 5. The molecular weight excluding hydrogens is 372 g/mol. The molecule has 0 radical (unpaired) electrons. The zero-order valence-electron chi connectivity index (χ0n) is 17.6. The fraction of sp³-hybridized carbons (Fsp3) is 0.783. The van der Waals surface area contributed by atoms with Gasteiger partial charge in [-0.1, -0.05) is 19.4 Å². The lowest BCUT2D eigenvalue weighted by Gasteiger charge is -2.60. The van der Waals surface area contributed by atoms with Crippen LogP contribution < -0.4 is 0 Å². The lowest BCUT2D eigenvalue weighted by Crippen LogP contribution is -2.63. The Kier molecular flexibility index (Phi) is 4.82. The smallest absolute Gasteiger partial charge is 0.303 e. The third-order valence-electron chi connectivity index (χ3n) is 8.93. The van der Waals surface area contributed by atoms with Gasteiger partial charge in [-0.3, -0.25) is 14.4 Å². The molecule has 0 aromatic heterocycles. The number of carbonyl (C=O) groups is 3. The predicted octanol–water partition coefficient (Wildman–Crippen LogP) is 2.35. The number of allylic oxidation sites excluding steroid dienone is 1. The monoisotopic (exact) mass is 404 g/mol. The van der Waals surface area contributed by atoms with Gasteiger partial charge in [0.05, 0.1) is 6.10 Å². The van der Waals surface area contributed by atoms with Gasteiger partial charge in [0.15, 0.2) is 11.4 Å². The first-order valence-electron chi connectivity index (χ1n) is 10.8. The fourth-order valence-electron chi connectivity index (χ4n) is 7.73. The average molecular weight is 405 g/mol. The van der Waals surface area contributed by atoms with Crippen LogP contribution in [0.3, 0.4) is 0 Å². The van der Waals surface area contributed by atoms with Crippen molar-refractivity contribution >= 4 is 17.5 Å². The molecular formula is C23H32O6. The molecule has 0 unspecified atom stereocenters. The molecule has 0 aromatic carbocycles. The minimum absolute atomic E-state index is 0.0334. The molecule has 160 valence electrons. The molecule has 4 aliphatic carbocycles. The van der Waals surface area contributed by atoms with Crippen LogP contribution in [-0.4, -0.2) is 46.1 Å². The second kappa shape index (κ2) is 6.74. The lowest BCUT2D eigenvalue weighted by atomic mass is 9.45.